The summed E-state index contributed by atoms with van der Waals surface area (Å²) >= 11 is 0. The van der Waals surface area contributed by atoms with Crippen LogP contribution < -0.4 is 0 Å². The molecule has 5 heteroatoms. The van der Waals surface area contributed by atoms with E-state index < -0.39 is 12.0 Å². The zero-order chi connectivity index (χ0) is 25.3. The van der Waals surface area contributed by atoms with Gasteiger partial charge < -0.3 is 14.5 Å². The summed E-state index contributed by atoms with van der Waals surface area (Å²) in [4.78, 5) is 31.0. The molecule has 0 spiro atoms. The number of aryl methyl sites for hydroxylation is 1. The van der Waals surface area contributed by atoms with Gasteiger partial charge in [0.05, 0.1) is 13.0 Å². The number of amides is 1. The van der Waals surface area contributed by atoms with Gasteiger partial charge in [-0.25, -0.2) is 4.79 Å². The molecule has 1 heterocycles. The fourth-order valence-electron chi connectivity index (χ4n) is 5.26. The Labute approximate surface area is 214 Å². The second-order valence-electron chi connectivity index (χ2n) is 9.57. The predicted molar refractivity (Wildman–Crippen MR) is 143 cm³/mol. The highest BCUT2D eigenvalue weighted by Crippen LogP contribution is 2.31. The van der Waals surface area contributed by atoms with Crippen LogP contribution in [-0.4, -0.2) is 61.0 Å². The SMILES string of the molecule is COC(=O)[C@@H]1CC(N(C)CCCc2ccccc2)CCN1C(=O)C(c1ccccc1)c1ccccc1. The van der Waals surface area contributed by atoms with Gasteiger partial charge in [0.2, 0.25) is 5.91 Å². The lowest BCUT2D eigenvalue weighted by Crippen LogP contribution is -2.55. The number of nitrogens with zero attached hydrogens (tertiary/aromatic N) is 2. The van der Waals surface area contributed by atoms with Gasteiger partial charge in [0.25, 0.3) is 0 Å². The van der Waals surface area contributed by atoms with Crippen LogP contribution in [0.15, 0.2) is 91.0 Å². The number of methoxy groups -OCH3 is 1. The Morgan fingerprint density at radius 1 is 0.917 bits per heavy atom. The molecule has 1 fully saturated rings. The summed E-state index contributed by atoms with van der Waals surface area (Å²) in [6.45, 7) is 1.47. The van der Waals surface area contributed by atoms with Gasteiger partial charge in [0.15, 0.2) is 0 Å². The third-order valence-electron chi connectivity index (χ3n) is 7.29. The second-order valence-corrected chi connectivity index (χ2v) is 9.57. The Morgan fingerprint density at radius 2 is 1.47 bits per heavy atom. The standard InChI is InChI=1S/C31H36N2O3/c1-32(21-12-15-24-13-6-3-7-14-24)27-20-22-33(28(23-27)31(35)36-2)30(34)29(25-16-8-4-9-17-25)26-18-10-5-11-19-26/h3-11,13-14,16-19,27-29H,12,15,20-23H2,1-2H3/t27?,28-/m0/s1. The highest BCUT2D eigenvalue weighted by atomic mass is 16.5. The Bertz CT molecular complexity index is 1060. The number of esters is 1. The zero-order valence-electron chi connectivity index (χ0n) is 21.3. The summed E-state index contributed by atoms with van der Waals surface area (Å²) in [5, 5.41) is 0. The van der Waals surface area contributed by atoms with Crippen molar-refractivity contribution in [3.63, 3.8) is 0 Å². The Kier molecular flexibility index (Phi) is 8.90. The van der Waals surface area contributed by atoms with Crippen LogP contribution in [0, 0.1) is 0 Å². The molecule has 0 N–H and O–H groups in total. The molecule has 0 bridgehead atoms. The van der Waals surface area contributed by atoms with E-state index in [1.807, 2.05) is 66.7 Å². The summed E-state index contributed by atoms with van der Waals surface area (Å²) in [6, 6.07) is 29.8. The first-order valence-electron chi connectivity index (χ1n) is 12.8. The van der Waals surface area contributed by atoms with E-state index in [0.29, 0.717) is 13.0 Å². The van der Waals surface area contributed by atoms with Crippen molar-refractivity contribution in [2.24, 2.45) is 0 Å². The van der Waals surface area contributed by atoms with Crippen molar-refractivity contribution in [3.8, 4) is 0 Å². The molecule has 0 radical (unpaired) electrons. The number of carbonyl (C=O) groups is 2. The first kappa shape index (κ1) is 25.6. The molecule has 0 aromatic heterocycles. The summed E-state index contributed by atoms with van der Waals surface area (Å²) in [5.41, 5.74) is 3.20. The lowest BCUT2D eigenvalue weighted by atomic mass is 9.87. The predicted octanol–water partition coefficient (Wildman–Crippen LogP) is 4.92. The largest absolute Gasteiger partial charge is 0.467 e. The zero-order valence-corrected chi connectivity index (χ0v) is 21.3. The number of hydrogen-bond donors (Lipinski definition) is 0. The topological polar surface area (TPSA) is 49.9 Å². The maximum Gasteiger partial charge on any atom is 0.328 e. The van der Waals surface area contributed by atoms with Crippen LogP contribution in [0.25, 0.3) is 0 Å². The molecule has 1 saturated heterocycles. The van der Waals surface area contributed by atoms with Gasteiger partial charge in [-0.15, -0.1) is 0 Å². The molecular weight excluding hydrogens is 448 g/mol. The number of likely N-dealkylation sites (tertiary alicyclic amines) is 1. The van der Waals surface area contributed by atoms with E-state index in [0.717, 1.165) is 36.9 Å². The summed E-state index contributed by atoms with van der Waals surface area (Å²) in [5.74, 6) is -0.849. The summed E-state index contributed by atoms with van der Waals surface area (Å²) in [7, 11) is 3.53. The molecule has 2 atom stereocenters. The van der Waals surface area contributed by atoms with Crippen LogP contribution in [0.2, 0.25) is 0 Å². The molecule has 188 valence electrons. The summed E-state index contributed by atoms with van der Waals surface area (Å²) in [6.07, 6.45) is 3.49. The highest BCUT2D eigenvalue weighted by molar-refractivity contribution is 5.91. The van der Waals surface area contributed by atoms with E-state index >= 15 is 0 Å². The van der Waals surface area contributed by atoms with Crippen LogP contribution in [0.1, 0.15) is 41.9 Å². The van der Waals surface area contributed by atoms with E-state index in [1.54, 1.807) is 4.90 Å². The lowest BCUT2D eigenvalue weighted by Gasteiger charge is -2.42. The molecular formula is C31H36N2O3. The average Bonchev–Trinajstić information content (AvgIpc) is 2.94. The fourth-order valence-corrected chi connectivity index (χ4v) is 5.26. The minimum absolute atomic E-state index is 0.0482. The van der Waals surface area contributed by atoms with E-state index in [2.05, 4.69) is 36.2 Å². The van der Waals surface area contributed by atoms with Gasteiger partial charge in [-0.05, 0) is 56.0 Å². The second kappa shape index (κ2) is 12.5. The van der Waals surface area contributed by atoms with Gasteiger partial charge in [-0.2, -0.15) is 0 Å². The minimum atomic E-state index is -0.590. The molecule has 0 aliphatic carbocycles. The van der Waals surface area contributed by atoms with Crippen LogP contribution in [0.3, 0.4) is 0 Å². The highest BCUT2D eigenvalue weighted by Gasteiger charge is 2.40. The van der Waals surface area contributed by atoms with Crippen molar-refractivity contribution < 1.29 is 14.3 Å². The number of rotatable bonds is 9. The maximum absolute atomic E-state index is 14.0. The minimum Gasteiger partial charge on any atom is -0.467 e. The number of piperidine rings is 1. The van der Waals surface area contributed by atoms with Crippen molar-refractivity contribution in [1.82, 2.24) is 9.80 Å². The molecule has 1 unspecified atom stereocenters. The van der Waals surface area contributed by atoms with Crippen molar-refractivity contribution in [3.05, 3.63) is 108 Å². The molecule has 1 aliphatic rings. The first-order chi connectivity index (χ1) is 17.6. The molecule has 4 rings (SSSR count). The Morgan fingerprint density at radius 3 is 2.03 bits per heavy atom. The van der Waals surface area contributed by atoms with Crippen molar-refractivity contribution in [1.29, 1.82) is 0 Å². The monoisotopic (exact) mass is 484 g/mol. The van der Waals surface area contributed by atoms with E-state index in [-0.39, 0.29) is 17.9 Å². The van der Waals surface area contributed by atoms with Gasteiger partial charge in [0, 0.05) is 12.6 Å². The molecule has 1 amide bonds. The van der Waals surface area contributed by atoms with Crippen molar-refractivity contribution >= 4 is 11.9 Å². The van der Waals surface area contributed by atoms with Gasteiger partial charge in [-0.1, -0.05) is 91.0 Å². The summed E-state index contributed by atoms with van der Waals surface area (Å²) < 4.78 is 5.18. The van der Waals surface area contributed by atoms with Crippen LogP contribution >= 0.6 is 0 Å². The van der Waals surface area contributed by atoms with Crippen molar-refractivity contribution in [2.75, 3.05) is 27.2 Å². The Balaban J connectivity index is 1.48. The third kappa shape index (κ3) is 6.21. The average molecular weight is 485 g/mol. The Hall–Kier alpha value is -3.44. The van der Waals surface area contributed by atoms with E-state index in [4.69, 9.17) is 4.74 Å². The number of benzene rings is 3. The van der Waals surface area contributed by atoms with Gasteiger partial charge >= 0.3 is 5.97 Å². The van der Waals surface area contributed by atoms with Crippen LogP contribution in [0.4, 0.5) is 0 Å². The quantitative estimate of drug-likeness (QED) is 0.405. The third-order valence-corrected chi connectivity index (χ3v) is 7.29. The number of hydrogen-bond acceptors (Lipinski definition) is 4. The maximum atomic E-state index is 14.0. The normalized spacial score (nSPS) is 17.8. The van der Waals surface area contributed by atoms with Crippen LogP contribution in [-0.2, 0) is 20.7 Å². The molecule has 0 saturated carbocycles. The van der Waals surface area contributed by atoms with Crippen molar-refractivity contribution in [2.45, 2.75) is 43.7 Å². The number of ether oxygens (including phenoxy) is 1. The van der Waals surface area contributed by atoms with Gasteiger partial charge in [0.1, 0.15) is 6.04 Å². The van der Waals surface area contributed by atoms with Crippen LogP contribution in [0.5, 0.6) is 0 Å². The lowest BCUT2D eigenvalue weighted by molar-refractivity contribution is -0.156. The fraction of sp³-hybridized carbons (Fsp3) is 0.355. The molecule has 3 aromatic carbocycles. The smallest absolute Gasteiger partial charge is 0.328 e. The van der Waals surface area contributed by atoms with E-state index in [9.17, 15) is 9.59 Å². The molecule has 3 aromatic rings. The first-order valence-corrected chi connectivity index (χ1v) is 12.8. The van der Waals surface area contributed by atoms with Gasteiger partial charge in [-0.3, -0.25) is 4.79 Å². The molecule has 5 nitrogen and oxygen atoms in total. The molecule has 36 heavy (non-hydrogen) atoms. The number of carbonyl (C=O) groups excluding carboxylic acids is 2. The molecule has 1 aliphatic heterocycles. The van der Waals surface area contributed by atoms with E-state index in [1.165, 1.54) is 12.7 Å².